The Morgan fingerprint density at radius 3 is 2.51 bits per heavy atom. The van der Waals surface area contributed by atoms with Crippen LogP contribution >= 0.6 is 0 Å². The first-order chi connectivity index (χ1) is 18.9. The average Bonchev–Trinajstić information content (AvgIpc) is 3.44. The van der Waals surface area contributed by atoms with Crippen molar-refractivity contribution >= 4 is 23.0 Å². The molecule has 10 heteroatoms. The lowest BCUT2D eigenvalue weighted by atomic mass is 9.85. The Morgan fingerprint density at radius 2 is 1.85 bits per heavy atom. The fourth-order valence-electron chi connectivity index (χ4n) is 6.25. The smallest absolute Gasteiger partial charge is 0.172 e. The van der Waals surface area contributed by atoms with Crippen molar-refractivity contribution in [3.63, 3.8) is 0 Å². The van der Waals surface area contributed by atoms with Crippen LogP contribution in [-0.2, 0) is 4.79 Å². The molecular formula is C29H30N6O4. The van der Waals surface area contributed by atoms with Crippen molar-refractivity contribution in [3.8, 4) is 22.4 Å². The number of hydrogen-bond donors (Lipinski definition) is 3. The third-order valence-corrected chi connectivity index (χ3v) is 8.06. The molecule has 5 heterocycles. The van der Waals surface area contributed by atoms with Crippen LogP contribution in [0.2, 0.25) is 0 Å². The second kappa shape index (κ2) is 9.96. The first-order valence-electron chi connectivity index (χ1n) is 13.1. The third kappa shape index (κ3) is 4.40. The first kappa shape index (κ1) is 25.3. The highest BCUT2D eigenvalue weighted by atomic mass is 16.3. The number of piperidine rings is 1. The summed E-state index contributed by atoms with van der Waals surface area (Å²) in [6.07, 6.45) is 4.55. The molecule has 0 saturated carbocycles. The van der Waals surface area contributed by atoms with Gasteiger partial charge in [-0.05, 0) is 32.3 Å². The van der Waals surface area contributed by atoms with Crippen LogP contribution in [0.25, 0.3) is 28.0 Å². The van der Waals surface area contributed by atoms with E-state index in [1.807, 2.05) is 47.4 Å². The number of aliphatic hydroxyl groups is 2. The normalized spacial score (nSPS) is 22.8. The molecule has 2 saturated heterocycles. The van der Waals surface area contributed by atoms with E-state index in [2.05, 4.69) is 10.1 Å². The number of hydrogen-bond acceptors (Lipinski definition) is 9. The molecule has 4 aromatic rings. The van der Waals surface area contributed by atoms with Gasteiger partial charge in [0.05, 0.1) is 35.8 Å². The van der Waals surface area contributed by atoms with Crippen LogP contribution in [0.15, 0.2) is 54.9 Å². The average molecular weight is 527 g/mol. The molecule has 0 aliphatic carbocycles. The molecule has 2 aliphatic heterocycles. The van der Waals surface area contributed by atoms with Gasteiger partial charge in [-0.2, -0.15) is 9.61 Å². The van der Waals surface area contributed by atoms with Crippen LogP contribution in [0.5, 0.6) is 0 Å². The highest BCUT2D eigenvalue weighted by molar-refractivity contribution is 6.00. The number of aliphatic hydroxyl groups excluding tert-OH is 2. The maximum Gasteiger partial charge on any atom is 0.172 e. The molecule has 2 fully saturated rings. The SMILES string of the molecule is CC(=O)c1c(C2CC3CC(O)C(C2)N3CC(=O)CO)nc2c(-c3ccc(-c4ccccc4)nc3)cnn2c1N. The predicted molar refractivity (Wildman–Crippen MR) is 145 cm³/mol. The number of carbonyl (C=O) groups is 2. The number of nitrogen functional groups attached to an aromatic ring is 1. The van der Waals surface area contributed by atoms with E-state index in [4.69, 9.17) is 10.7 Å². The Labute approximate surface area is 225 Å². The lowest BCUT2D eigenvalue weighted by Gasteiger charge is -2.38. The second-order valence-corrected chi connectivity index (χ2v) is 10.5. The second-order valence-electron chi connectivity index (χ2n) is 10.5. The largest absolute Gasteiger partial charge is 0.391 e. The number of fused-ring (bicyclic) bond motifs is 3. The summed E-state index contributed by atoms with van der Waals surface area (Å²) < 4.78 is 1.50. The topological polar surface area (TPSA) is 147 Å². The van der Waals surface area contributed by atoms with E-state index in [1.54, 1.807) is 12.4 Å². The van der Waals surface area contributed by atoms with Gasteiger partial charge in [-0.3, -0.25) is 19.5 Å². The minimum absolute atomic E-state index is 0.0579. The summed E-state index contributed by atoms with van der Waals surface area (Å²) in [5.74, 6) is -0.381. The van der Waals surface area contributed by atoms with Gasteiger partial charge in [0.15, 0.2) is 17.2 Å². The van der Waals surface area contributed by atoms with Crippen molar-refractivity contribution in [2.24, 2.45) is 0 Å². The van der Waals surface area contributed by atoms with Gasteiger partial charge in [-0.1, -0.05) is 36.4 Å². The van der Waals surface area contributed by atoms with Crippen LogP contribution < -0.4 is 5.73 Å². The lowest BCUT2D eigenvalue weighted by molar-refractivity contribution is -0.124. The van der Waals surface area contributed by atoms with Crippen LogP contribution in [0.1, 0.15) is 48.2 Å². The zero-order valence-electron chi connectivity index (χ0n) is 21.6. The van der Waals surface area contributed by atoms with Gasteiger partial charge in [0.2, 0.25) is 0 Å². The van der Waals surface area contributed by atoms with Crippen LogP contribution in [-0.4, -0.2) is 77.6 Å². The van der Waals surface area contributed by atoms with Crippen LogP contribution in [0, 0.1) is 0 Å². The quantitative estimate of drug-likeness (QED) is 0.309. The summed E-state index contributed by atoms with van der Waals surface area (Å²) in [4.78, 5) is 36.4. The molecule has 0 amide bonds. The molecule has 4 atom stereocenters. The minimum Gasteiger partial charge on any atom is -0.391 e. The van der Waals surface area contributed by atoms with Crippen molar-refractivity contribution in [1.82, 2.24) is 24.5 Å². The predicted octanol–water partition coefficient (Wildman–Crippen LogP) is 2.49. The van der Waals surface area contributed by atoms with E-state index < -0.39 is 12.7 Å². The van der Waals surface area contributed by atoms with E-state index in [-0.39, 0.29) is 41.9 Å². The Kier molecular flexibility index (Phi) is 6.46. The molecule has 2 aliphatic rings. The molecule has 4 unspecified atom stereocenters. The number of benzene rings is 1. The number of nitrogens with zero attached hydrogens (tertiary/aromatic N) is 5. The van der Waals surface area contributed by atoms with E-state index in [9.17, 15) is 19.8 Å². The van der Waals surface area contributed by atoms with Gasteiger partial charge in [0.1, 0.15) is 12.4 Å². The first-order valence-corrected chi connectivity index (χ1v) is 13.1. The van der Waals surface area contributed by atoms with Gasteiger partial charge >= 0.3 is 0 Å². The molecule has 4 N–H and O–H groups in total. The Hall–Kier alpha value is -3.99. The maximum atomic E-state index is 12.8. The lowest BCUT2D eigenvalue weighted by Crippen LogP contribution is -2.47. The maximum absolute atomic E-state index is 12.8. The molecule has 2 bridgehead atoms. The Bertz CT molecular complexity index is 1550. The molecular weight excluding hydrogens is 496 g/mol. The van der Waals surface area contributed by atoms with E-state index in [0.717, 1.165) is 22.4 Å². The fourth-order valence-corrected chi connectivity index (χ4v) is 6.25. The van der Waals surface area contributed by atoms with E-state index in [0.29, 0.717) is 36.2 Å². The van der Waals surface area contributed by atoms with E-state index >= 15 is 0 Å². The van der Waals surface area contributed by atoms with Gasteiger partial charge in [0, 0.05) is 40.9 Å². The molecule has 6 rings (SSSR count). The number of nitrogens with two attached hydrogens (primary N) is 1. The minimum atomic E-state index is -0.590. The number of ketones is 2. The zero-order valence-corrected chi connectivity index (χ0v) is 21.6. The van der Waals surface area contributed by atoms with E-state index in [1.165, 1.54) is 11.4 Å². The molecule has 39 heavy (non-hydrogen) atoms. The van der Waals surface area contributed by atoms with Gasteiger partial charge in [0.25, 0.3) is 0 Å². The van der Waals surface area contributed by atoms with Crippen LogP contribution in [0.4, 0.5) is 5.82 Å². The standard InChI is InChI=1S/C29H30N6O4/c1-16(37)26-27(19-9-20-11-25(39)24(10-19)34(20)14-21(38)15-36)33-29-22(13-32-35(29)28(26)30)18-7-8-23(31-12-18)17-5-3-2-4-6-17/h2-8,12-13,19-20,24-25,36,39H,9-11,14-15,30H2,1H3. The van der Waals surface area contributed by atoms with Crippen molar-refractivity contribution in [3.05, 3.63) is 66.1 Å². The highest BCUT2D eigenvalue weighted by Gasteiger charge is 2.48. The number of Topliss-reactive ketones (excluding diaryl/α,β-unsaturated/α-hetero) is 2. The third-order valence-electron chi connectivity index (χ3n) is 8.06. The molecule has 3 aromatic heterocycles. The molecule has 1 aromatic carbocycles. The number of anilines is 1. The number of carbonyl (C=O) groups excluding carboxylic acids is 2. The number of aromatic nitrogens is 4. The van der Waals surface area contributed by atoms with Crippen LogP contribution in [0.3, 0.4) is 0 Å². The van der Waals surface area contributed by atoms with Crippen molar-refractivity contribution < 1.29 is 19.8 Å². The van der Waals surface area contributed by atoms with Gasteiger partial charge in [-0.15, -0.1) is 0 Å². The zero-order chi connectivity index (χ0) is 27.3. The Balaban J connectivity index is 1.39. The highest BCUT2D eigenvalue weighted by Crippen LogP contribution is 2.44. The van der Waals surface area contributed by atoms with Crippen molar-refractivity contribution in [2.45, 2.75) is 50.3 Å². The number of rotatable bonds is 7. The molecule has 200 valence electrons. The summed E-state index contributed by atoms with van der Waals surface area (Å²) in [6, 6.07) is 13.5. The van der Waals surface area contributed by atoms with Gasteiger partial charge < -0.3 is 15.9 Å². The molecule has 0 radical (unpaired) electrons. The monoisotopic (exact) mass is 526 g/mol. The fraction of sp³-hybridized carbons (Fsp3) is 0.345. The Morgan fingerprint density at radius 1 is 1.05 bits per heavy atom. The van der Waals surface area contributed by atoms with Crippen molar-refractivity contribution in [1.29, 1.82) is 0 Å². The summed E-state index contributed by atoms with van der Waals surface area (Å²) in [7, 11) is 0. The molecule has 10 nitrogen and oxygen atoms in total. The summed E-state index contributed by atoms with van der Waals surface area (Å²) >= 11 is 0. The summed E-state index contributed by atoms with van der Waals surface area (Å²) in [5.41, 5.74) is 11.4. The van der Waals surface area contributed by atoms with Gasteiger partial charge in [-0.25, -0.2) is 4.98 Å². The van der Waals surface area contributed by atoms with Crippen molar-refractivity contribution in [2.75, 3.05) is 18.9 Å². The number of pyridine rings is 1. The summed E-state index contributed by atoms with van der Waals surface area (Å²) in [6.45, 7) is 1.05. The summed E-state index contributed by atoms with van der Waals surface area (Å²) in [5, 5.41) is 24.4. The molecule has 0 spiro atoms.